The summed E-state index contributed by atoms with van der Waals surface area (Å²) in [6.07, 6.45) is 4.63. The molecule has 6 rings (SSSR count). The van der Waals surface area contributed by atoms with E-state index in [1.807, 2.05) is 11.5 Å². The summed E-state index contributed by atoms with van der Waals surface area (Å²) in [6, 6.07) is 15.1. The van der Waals surface area contributed by atoms with E-state index in [-0.39, 0.29) is 22.9 Å². The Morgan fingerprint density at radius 2 is 1.65 bits per heavy atom. The molecule has 0 aliphatic rings. The molecule has 11 heteroatoms. The highest BCUT2D eigenvalue weighted by Crippen LogP contribution is 2.37. The second-order valence-electron chi connectivity index (χ2n) is 9.49. The van der Waals surface area contributed by atoms with Gasteiger partial charge in [-0.05, 0) is 48.9 Å². The summed E-state index contributed by atoms with van der Waals surface area (Å²) in [7, 11) is 3.02. The van der Waals surface area contributed by atoms with Gasteiger partial charge in [-0.25, -0.2) is 23.7 Å². The number of methoxy groups -OCH3 is 2. The maximum absolute atomic E-state index is 15.4. The van der Waals surface area contributed by atoms with Crippen LogP contribution in [0, 0.1) is 11.6 Å². The molecule has 1 N–H and O–H groups in total. The first-order valence-electron chi connectivity index (χ1n) is 13.3. The van der Waals surface area contributed by atoms with Crippen LogP contribution in [0.25, 0.3) is 32.9 Å². The number of nitrogens with zero attached hydrogens (tertiary/aromatic N) is 4. The van der Waals surface area contributed by atoms with Gasteiger partial charge in [0.05, 0.1) is 36.0 Å². The molecule has 3 aromatic carbocycles. The van der Waals surface area contributed by atoms with E-state index in [1.165, 1.54) is 44.8 Å². The molecule has 43 heavy (non-hydrogen) atoms. The first-order chi connectivity index (χ1) is 20.9. The summed E-state index contributed by atoms with van der Waals surface area (Å²) >= 11 is 0. The molecule has 0 saturated carbocycles. The standard InChI is InChI=1S/C32H25F2N5O4/c1-4-39-16-22(18-5-7-19(33)8-6-18)30(40)29-25(39)11-12-35-31(29)38-20-9-10-26(23(34)13-20)43-32-21-14-27(41-2)28(42-3)15-24(21)36-17-37-32/h5-17H,4H2,1-3H3,(H,35,38). The Bertz CT molecular complexity index is 2050. The second kappa shape index (κ2) is 11.4. The van der Waals surface area contributed by atoms with Crippen LogP contribution in [0.5, 0.6) is 23.1 Å². The summed E-state index contributed by atoms with van der Waals surface area (Å²) in [5.41, 5.74) is 2.21. The van der Waals surface area contributed by atoms with Gasteiger partial charge < -0.3 is 24.1 Å². The van der Waals surface area contributed by atoms with Crippen LogP contribution in [0.2, 0.25) is 0 Å². The molecule has 0 saturated heterocycles. The smallest absolute Gasteiger partial charge is 0.230 e. The maximum Gasteiger partial charge on any atom is 0.230 e. The number of halogens is 2. The monoisotopic (exact) mass is 581 g/mol. The van der Waals surface area contributed by atoms with Gasteiger partial charge in [-0.2, -0.15) is 0 Å². The summed E-state index contributed by atoms with van der Waals surface area (Å²) in [5.74, 6) is 0.181. The van der Waals surface area contributed by atoms with Crippen molar-refractivity contribution < 1.29 is 23.0 Å². The van der Waals surface area contributed by atoms with Crippen molar-refractivity contribution in [2.75, 3.05) is 19.5 Å². The highest BCUT2D eigenvalue weighted by molar-refractivity contribution is 5.94. The van der Waals surface area contributed by atoms with E-state index < -0.39 is 11.6 Å². The maximum atomic E-state index is 15.4. The minimum Gasteiger partial charge on any atom is -0.493 e. The number of ether oxygens (including phenoxy) is 3. The summed E-state index contributed by atoms with van der Waals surface area (Å²) in [6.45, 7) is 2.53. The molecule has 3 heterocycles. The van der Waals surface area contributed by atoms with Crippen molar-refractivity contribution in [3.63, 3.8) is 0 Å². The van der Waals surface area contributed by atoms with Gasteiger partial charge >= 0.3 is 0 Å². The number of hydrogen-bond acceptors (Lipinski definition) is 8. The van der Waals surface area contributed by atoms with Crippen molar-refractivity contribution in [2.24, 2.45) is 0 Å². The highest BCUT2D eigenvalue weighted by Gasteiger charge is 2.17. The summed E-state index contributed by atoms with van der Waals surface area (Å²) in [5, 5.41) is 3.91. The molecule has 9 nitrogen and oxygen atoms in total. The van der Waals surface area contributed by atoms with Gasteiger partial charge in [0.15, 0.2) is 23.1 Å². The van der Waals surface area contributed by atoms with Crippen molar-refractivity contribution in [1.82, 2.24) is 19.5 Å². The lowest BCUT2D eigenvalue weighted by Crippen LogP contribution is -2.14. The van der Waals surface area contributed by atoms with Crippen LogP contribution in [0.4, 0.5) is 20.3 Å². The zero-order valence-corrected chi connectivity index (χ0v) is 23.4. The SMILES string of the molecule is CCn1cc(-c2ccc(F)cc2)c(=O)c2c(Nc3ccc(Oc4ncnc5cc(OC)c(OC)cc45)c(F)c3)nccc21. The van der Waals surface area contributed by atoms with Gasteiger partial charge in [-0.3, -0.25) is 4.79 Å². The van der Waals surface area contributed by atoms with Gasteiger partial charge in [-0.15, -0.1) is 0 Å². The lowest BCUT2D eigenvalue weighted by Gasteiger charge is -2.15. The summed E-state index contributed by atoms with van der Waals surface area (Å²) in [4.78, 5) is 26.5. The number of hydrogen-bond donors (Lipinski definition) is 1. The third-order valence-corrected chi connectivity index (χ3v) is 7.00. The molecular weight excluding hydrogens is 556 g/mol. The lowest BCUT2D eigenvalue weighted by molar-refractivity contribution is 0.355. The van der Waals surface area contributed by atoms with E-state index in [9.17, 15) is 9.18 Å². The topological polar surface area (TPSA) is 100 Å². The predicted octanol–water partition coefficient (Wildman–Crippen LogP) is 6.86. The van der Waals surface area contributed by atoms with E-state index in [2.05, 4.69) is 20.3 Å². The Kier molecular flexibility index (Phi) is 7.29. The van der Waals surface area contributed by atoms with Crippen molar-refractivity contribution in [3.8, 4) is 34.3 Å². The molecule has 0 spiro atoms. The van der Waals surface area contributed by atoms with Gasteiger partial charge in [0.2, 0.25) is 11.3 Å². The number of benzene rings is 3. The third-order valence-electron chi connectivity index (χ3n) is 7.00. The fourth-order valence-corrected chi connectivity index (χ4v) is 4.87. The molecule has 0 bridgehead atoms. The number of aryl methyl sites for hydroxylation is 1. The minimum absolute atomic E-state index is 0.0712. The lowest BCUT2D eigenvalue weighted by atomic mass is 10.0. The van der Waals surface area contributed by atoms with Crippen molar-refractivity contribution in [1.29, 1.82) is 0 Å². The first-order valence-corrected chi connectivity index (χ1v) is 13.3. The largest absolute Gasteiger partial charge is 0.493 e. The van der Waals surface area contributed by atoms with Gasteiger partial charge in [-0.1, -0.05) is 12.1 Å². The quantitative estimate of drug-likeness (QED) is 0.208. The molecule has 0 atom stereocenters. The van der Waals surface area contributed by atoms with Crippen LogP contribution in [-0.4, -0.2) is 33.7 Å². The number of aromatic nitrogens is 4. The van der Waals surface area contributed by atoms with Crippen molar-refractivity contribution in [2.45, 2.75) is 13.5 Å². The van der Waals surface area contributed by atoms with Gasteiger partial charge in [0, 0.05) is 42.3 Å². The molecule has 0 fully saturated rings. The number of anilines is 2. The number of rotatable bonds is 8. The Morgan fingerprint density at radius 3 is 2.37 bits per heavy atom. The highest BCUT2D eigenvalue weighted by atomic mass is 19.1. The molecular formula is C32H25F2N5O4. The predicted molar refractivity (Wildman–Crippen MR) is 159 cm³/mol. The molecule has 0 aliphatic heterocycles. The molecule has 3 aromatic heterocycles. The van der Waals surface area contributed by atoms with E-state index >= 15 is 4.39 Å². The zero-order chi connectivity index (χ0) is 30.1. The van der Waals surface area contributed by atoms with E-state index in [0.717, 1.165) is 0 Å². The second-order valence-corrected chi connectivity index (χ2v) is 9.49. The number of pyridine rings is 2. The number of fused-ring (bicyclic) bond motifs is 2. The van der Waals surface area contributed by atoms with E-state index in [1.54, 1.807) is 48.8 Å². The Morgan fingerprint density at radius 1 is 0.884 bits per heavy atom. The minimum atomic E-state index is -0.671. The van der Waals surface area contributed by atoms with Crippen LogP contribution >= 0.6 is 0 Å². The van der Waals surface area contributed by atoms with Crippen LogP contribution in [0.15, 0.2) is 84.2 Å². The van der Waals surface area contributed by atoms with Crippen molar-refractivity contribution >= 4 is 33.3 Å². The van der Waals surface area contributed by atoms with E-state index in [4.69, 9.17) is 14.2 Å². The average molecular weight is 582 g/mol. The van der Waals surface area contributed by atoms with Crippen LogP contribution in [-0.2, 0) is 6.54 Å². The molecule has 216 valence electrons. The van der Waals surface area contributed by atoms with E-state index in [0.29, 0.717) is 56.7 Å². The molecule has 0 amide bonds. The fourth-order valence-electron chi connectivity index (χ4n) is 4.87. The first kappa shape index (κ1) is 27.6. The number of nitrogens with one attached hydrogen (secondary N) is 1. The molecule has 0 radical (unpaired) electrons. The normalized spacial score (nSPS) is 11.1. The summed E-state index contributed by atoms with van der Waals surface area (Å²) < 4.78 is 47.4. The fraction of sp³-hybridized carbons (Fsp3) is 0.125. The van der Waals surface area contributed by atoms with Gasteiger partial charge in [0.1, 0.15) is 18.0 Å². The Hall–Kier alpha value is -5.58. The molecule has 0 aliphatic carbocycles. The zero-order valence-electron chi connectivity index (χ0n) is 23.4. The van der Waals surface area contributed by atoms with Crippen LogP contribution in [0.1, 0.15) is 6.92 Å². The average Bonchev–Trinajstić information content (AvgIpc) is 3.02. The Balaban J connectivity index is 1.36. The van der Waals surface area contributed by atoms with Gasteiger partial charge in [0.25, 0.3) is 0 Å². The van der Waals surface area contributed by atoms with Crippen LogP contribution in [0.3, 0.4) is 0 Å². The third kappa shape index (κ3) is 5.16. The Labute approximate surface area is 244 Å². The van der Waals surface area contributed by atoms with Crippen LogP contribution < -0.4 is 25.0 Å². The molecule has 0 unspecified atom stereocenters. The van der Waals surface area contributed by atoms with Crippen molar-refractivity contribution in [3.05, 3.63) is 101 Å². The molecule has 6 aromatic rings.